The molecule has 1 fully saturated rings. The largest absolute Gasteiger partial charge is 0.390 e. The van der Waals surface area contributed by atoms with Gasteiger partial charge in [0, 0.05) is 31.0 Å². The van der Waals surface area contributed by atoms with E-state index in [4.69, 9.17) is 0 Å². The molecule has 0 saturated carbocycles. The lowest BCUT2D eigenvalue weighted by atomic mass is 10.2. The quantitative estimate of drug-likeness (QED) is 0.590. The normalized spacial score (nSPS) is 25.1. The number of amides is 1. The van der Waals surface area contributed by atoms with E-state index in [1.165, 1.54) is 0 Å². The van der Waals surface area contributed by atoms with Crippen molar-refractivity contribution < 1.29 is 9.90 Å². The number of nitrogens with zero attached hydrogens (tertiary/aromatic N) is 1. The molecule has 0 unspecified atom stereocenters. The maximum atomic E-state index is 11.7. The highest BCUT2D eigenvalue weighted by Gasteiger charge is 2.26. The van der Waals surface area contributed by atoms with Crippen LogP contribution in [0.25, 0.3) is 0 Å². The van der Waals surface area contributed by atoms with E-state index >= 15 is 0 Å². The predicted octanol–water partition coefficient (Wildman–Crippen LogP) is -0.856. The van der Waals surface area contributed by atoms with Gasteiger partial charge in [-0.25, -0.2) is 0 Å². The highest BCUT2D eigenvalue weighted by Crippen LogP contribution is 2.02. The molecular weight excluding hydrogens is 194 g/mol. The van der Waals surface area contributed by atoms with E-state index in [1.807, 2.05) is 0 Å². The van der Waals surface area contributed by atoms with Crippen LogP contribution in [-0.4, -0.2) is 41.2 Å². The van der Waals surface area contributed by atoms with Gasteiger partial charge in [-0.15, -0.1) is 0 Å². The van der Waals surface area contributed by atoms with Crippen LogP contribution in [0, 0.1) is 0 Å². The maximum Gasteiger partial charge on any atom is 0.251 e. The van der Waals surface area contributed by atoms with E-state index in [9.17, 15) is 9.90 Å². The van der Waals surface area contributed by atoms with Gasteiger partial charge in [0.15, 0.2) is 0 Å². The number of rotatable bonds is 2. The highest BCUT2D eigenvalue weighted by molar-refractivity contribution is 5.94. The second-order valence-corrected chi connectivity index (χ2v) is 3.54. The average molecular weight is 207 g/mol. The highest BCUT2D eigenvalue weighted by atomic mass is 16.3. The standard InChI is InChI=1S/C10H13N3O2/c14-9-6-12-5-8(9)13-10(15)7-1-3-11-4-2-7/h1-4,8-9,12,14H,5-6H2,(H,13,15)/t8-,9-/m1/s1. The average Bonchev–Trinajstić information content (AvgIpc) is 2.66. The van der Waals surface area contributed by atoms with Crippen LogP contribution in [0.3, 0.4) is 0 Å². The Morgan fingerprint density at radius 2 is 2.20 bits per heavy atom. The Morgan fingerprint density at radius 3 is 2.80 bits per heavy atom. The fourth-order valence-electron chi connectivity index (χ4n) is 1.57. The van der Waals surface area contributed by atoms with Gasteiger partial charge in [0.05, 0.1) is 12.1 Å². The molecule has 1 aliphatic heterocycles. The molecule has 0 aromatic carbocycles. The molecule has 1 saturated heterocycles. The van der Waals surface area contributed by atoms with Gasteiger partial charge in [-0.05, 0) is 12.1 Å². The van der Waals surface area contributed by atoms with Crippen molar-refractivity contribution >= 4 is 5.91 Å². The number of pyridine rings is 1. The minimum atomic E-state index is -0.504. The first-order valence-electron chi connectivity index (χ1n) is 4.87. The summed E-state index contributed by atoms with van der Waals surface area (Å²) in [5.74, 6) is -0.176. The molecule has 5 nitrogen and oxygen atoms in total. The number of aromatic nitrogens is 1. The predicted molar refractivity (Wildman–Crippen MR) is 54.4 cm³/mol. The van der Waals surface area contributed by atoms with Gasteiger partial charge in [0.1, 0.15) is 0 Å². The molecule has 15 heavy (non-hydrogen) atoms. The molecular formula is C10H13N3O2. The summed E-state index contributed by atoms with van der Waals surface area (Å²) in [6, 6.07) is 3.08. The number of carbonyl (C=O) groups excluding carboxylic acids is 1. The van der Waals surface area contributed by atoms with Gasteiger partial charge in [0.2, 0.25) is 0 Å². The van der Waals surface area contributed by atoms with Crippen molar-refractivity contribution in [2.75, 3.05) is 13.1 Å². The summed E-state index contributed by atoms with van der Waals surface area (Å²) in [5, 5.41) is 15.3. The molecule has 1 amide bonds. The Balaban J connectivity index is 1.98. The van der Waals surface area contributed by atoms with Crippen LogP contribution >= 0.6 is 0 Å². The van der Waals surface area contributed by atoms with E-state index in [-0.39, 0.29) is 11.9 Å². The SMILES string of the molecule is O=C(N[C@@H]1CNC[C@H]1O)c1ccncc1. The van der Waals surface area contributed by atoms with Gasteiger partial charge in [-0.3, -0.25) is 9.78 Å². The molecule has 2 rings (SSSR count). The van der Waals surface area contributed by atoms with Crippen molar-refractivity contribution in [3.63, 3.8) is 0 Å². The van der Waals surface area contributed by atoms with E-state index in [0.717, 1.165) is 0 Å². The summed E-state index contributed by atoms with van der Waals surface area (Å²) >= 11 is 0. The number of aliphatic hydroxyl groups excluding tert-OH is 1. The first-order valence-corrected chi connectivity index (χ1v) is 4.87. The van der Waals surface area contributed by atoms with Gasteiger partial charge >= 0.3 is 0 Å². The third-order valence-corrected chi connectivity index (χ3v) is 2.44. The Morgan fingerprint density at radius 1 is 1.47 bits per heavy atom. The van der Waals surface area contributed by atoms with Gasteiger partial charge < -0.3 is 15.7 Å². The van der Waals surface area contributed by atoms with Crippen LogP contribution in [0.5, 0.6) is 0 Å². The first kappa shape index (κ1) is 10.1. The molecule has 3 N–H and O–H groups in total. The van der Waals surface area contributed by atoms with Crippen LogP contribution in [-0.2, 0) is 0 Å². The summed E-state index contributed by atoms with van der Waals surface area (Å²) in [5.41, 5.74) is 0.559. The Labute approximate surface area is 87.5 Å². The topological polar surface area (TPSA) is 74.2 Å². The van der Waals surface area contributed by atoms with Crippen LogP contribution in [0.15, 0.2) is 24.5 Å². The Kier molecular flexibility index (Phi) is 2.94. The van der Waals surface area contributed by atoms with E-state index < -0.39 is 6.10 Å². The van der Waals surface area contributed by atoms with Crippen molar-refractivity contribution in [1.29, 1.82) is 0 Å². The van der Waals surface area contributed by atoms with E-state index in [1.54, 1.807) is 24.5 Å². The number of hydrogen-bond acceptors (Lipinski definition) is 4. The molecule has 1 aromatic heterocycles. The monoisotopic (exact) mass is 207 g/mol. The second kappa shape index (κ2) is 4.37. The summed E-state index contributed by atoms with van der Waals surface area (Å²) in [7, 11) is 0. The van der Waals surface area contributed by atoms with Crippen molar-refractivity contribution in [3.05, 3.63) is 30.1 Å². The zero-order valence-corrected chi connectivity index (χ0v) is 8.18. The van der Waals surface area contributed by atoms with E-state index in [2.05, 4.69) is 15.6 Å². The number of aliphatic hydroxyl groups is 1. The minimum absolute atomic E-state index is 0.176. The number of carbonyl (C=O) groups is 1. The Bertz CT molecular complexity index is 342. The molecule has 0 aliphatic carbocycles. The summed E-state index contributed by atoms with van der Waals surface area (Å²) < 4.78 is 0. The van der Waals surface area contributed by atoms with E-state index in [0.29, 0.717) is 18.7 Å². The number of hydrogen-bond donors (Lipinski definition) is 3. The molecule has 2 heterocycles. The molecule has 5 heteroatoms. The van der Waals surface area contributed by atoms with Crippen molar-refractivity contribution in [2.24, 2.45) is 0 Å². The van der Waals surface area contributed by atoms with Gasteiger partial charge in [0.25, 0.3) is 5.91 Å². The summed E-state index contributed by atoms with van der Waals surface area (Å²) in [6.45, 7) is 1.14. The molecule has 1 aliphatic rings. The van der Waals surface area contributed by atoms with Crippen LogP contribution < -0.4 is 10.6 Å². The zero-order valence-electron chi connectivity index (χ0n) is 8.18. The molecule has 2 atom stereocenters. The second-order valence-electron chi connectivity index (χ2n) is 3.54. The summed E-state index contributed by atoms with van der Waals surface area (Å²) in [4.78, 5) is 15.5. The molecule has 80 valence electrons. The van der Waals surface area contributed by atoms with Crippen molar-refractivity contribution in [3.8, 4) is 0 Å². The third kappa shape index (κ3) is 2.31. The van der Waals surface area contributed by atoms with Crippen LogP contribution in [0.1, 0.15) is 10.4 Å². The lowest BCUT2D eigenvalue weighted by Gasteiger charge is -2.15. The molecule has 1 aromatic rings. The number of nitrogens with one attached hydrogen (secondary N) is 2. The molecule has 0 spiro atoms. The van der Waals surface area contributed by atoms with Crippen LogP contribution in [0.2, 0.25) is 0 Å². The lowest BCUT2D eigenvalue weighted by Crippen LogP contribution is -2.42. The van der Waals surface area contributed by atoms with Gasteiger partial charge in [-0.1, -0.05) is 0 Å². The van der Waals surface area contributed by atoms with Crippen molar-refractivity contribution in [2.45, 2.75) is 12.1 Å². The Hall–Kier alpha value is -1.46. The maximum absolute atomic E-state index is 11.7. The first-order chi connectivity index (χ1) is 7.27. The number of β-amino-alcohol motifs (C(OH)–C–C–N with tert-alkyl or cyclic N) is 1. The third-order valence-electron chi connectivity index (χ3n) is 2.44. The molecule has 0 bridgehead atoms. The smallest absolute Gasteiger partial charge is 0.251 e. The molecule has 0 radical (unpaired) electrons. The van der Waals surface area contributed by atoms with Crippen molar-refractivity contribution in [1.82, 2.24) is 15.6 Å². The van der Waals surface area contributed by atoms with Crippen LogP contribution in [0.4, 0.5) is 0 Å². The van der Waals surface area contributed by atoms with Gasteiger partial charge in [-0.2, -0.15) is 0 Å². The zero-order chi connectivity index (χ0) is 10.7. The summed E-state index contributed by atoms with van der Waals surface area (Å²) in [6.07, 6.45) is 2.63. The lowest BCUT2D eigenvalue weighted by molar-refractivity contribution is 0.0888. The fourth-order valence-corrected chi connectivity index (χ4v) is 1.57. The minimum Gasteiger partial charge on any atom is -0.390 e. The fraction of sp³-hybridized carbons (Fsp3) is 0.400.